The Morgan fingerprint density at radius 2 is 1.81 bits per heavy atom. The Morgan fingerprint density at radius 1 is 1.12 bits per heavy atom. The number of fused-ring (bicyclic) bond motifs is 1. The third-order valence-corrected chi connectivity index (χ3v) is 5.97. The number of ether oxygens (including phenoxy) is 1. The van der Waals surface area contributed by atoms with E-state index in [-0.39, 0.29) is 28.5 Å². The molecule has 3 aromatic rings. The molecule has 1 saturated carbocycles. The normalized spacial score (nSPS) is 21.0. The van der Waals surface area contributed by atoms with Crippen LogP contribution < -0.4 is 10.1 Å². The summed E-state index contributed by atoms with van der Waals surface area (Å²) in [6.45, 7) is 8.56. The van der Waals surface area contributed by atoms with Crippen molar-refractivity contribution in [3.8, 4) is 5.75 Å². The van der Waals surface area contributed by atoms with Crippen LogP contribution in [-0.2, 0) is 0 Å². The molecule has 172 valence electrons. The van der Waals surface area contributed by atoms with Gasteiger partial charge in [0.1, 0.15) is 11.3 Å². The Hall–Kier alpha value is -2.77. The summed E-state index contributed by atoms with van der Waals surface area (Å²) in [5.74, 6) is 0.284. The van der Waals surface area contributed by atoms with Gasteiger partial charge in [0.25, 0.3) is 0 Å². The number of hydrogen-bond acceptors (Lipinski definition) is 3. The number of imidazole rings is 1. The van der Waals surface area contributed by atoms with Crippen LogP contribution in [0, 0.1) is 24.1 Å². The van der Waals surface area contributed by atoms with Gasteiger partial charge < -0.3 is 14.6 Å². The number of aromatic nitrogens is 2. The van der Waals surface area contributed by atoms with Crippen molar-refractivity contribution in [2.24, 2.45) is 11.3 Å². The Bertz CT molecular complexity index is 1120. The van der Waals surface area contributed by atoms with Gasteiger partial charge >= 0.3 is 6.36 Å². The van der Waals surface area contributed by atoms with Crippen molar-refractivity contribution in [1.29, 1.82) is 0 Å². The second-order valence-electron chi connectivity index (χ2n) is 9.68. The molecule has 8 heteroatoms. The van der Waals surface area contributed by atoms with Crippen molar-refractivity contribution >= 4 is 22.7 Å². The number of alkyl halides is 3. The van der Waals surface area contributed by atoms with Crippen molar-refractivity contribution in [3.05, 3.63) is 47.8 Å². The average molecular weight is 449 g/mol. The second-order valence-corrected chi connectivity index (χ2v) is 9.68. The third-order valence-electron chi connectivity index (χ3n) is 5.97. The number of benzene rings is 2. The highest BCUT2D eigenvalue weighted by atomic mass is 19.4. The Morgan fingerprint density at radius 3 is 2.44 bits per heavy atom. The van der Waals surface area contributed by atoms with E-state index in [4.69, 9.17) is 0 Å². The number of nitrogens with zero attached hydrogens (tertiary/aromatic N) is 2. The van der Waals surface area contributed by atoms with Crippen LogP contribution in [0.25, 0.3) is 11.0 Å². The monoisotopic (exact) mass is 449 g/mol. The van der Waals surface area contributed by atoms with E-state index in [1.54, 1.807) is 0 Å². The quantitative estimate of drug-likeness (QED) is 0.419. The van der Waals surface area contributed by atoms with Crippen LogP contribution >= 0.6 is 0 Å². The van der Waals surface area contributed by atoms with Crippen LogP contribution in [0.15, 0.2) is 36.4 Å². The van der Waals surface area contributed by atoms with Crippen molar-refractivity contribution in [2.45, 2.75) is 59.4 Å². The number of halogens is 4. The largest absolute Gasteiger partial charge is 0.573 e. The van der Waals surface area contributed by atoms with Crippen LogP contribution in [0.1, 0.15) is 51.6 Å². The molecule has 32 heavy (non-hydrogen) atoms. The Labute approximate surface area is 184 Å². The fraction of sp³-hybridized carbons (Fsp3) is 0.458. The molecule has 1 N–H and O–H groups in total. The van der Waals surface area contributed by atoms with E-state index >= 15 is 0 Å². The molecule has 2 atom stereocenters. The van der Waals surface area contributed by atoms with Gasteiger partial charge in [-0.1, -0.05) is 20.8 Å². The van der Waals surface area contributed by atoms with Crippen LogP contribution in [0.3, 0.4) is 0 Å². The van der Waals surface area contributed by atoms with E-state index in [0.29, 0.717) is 17.6 Å². The van der Waals surface area contributed by atoms with E-state index < -0.39 is 6.36 Å². The van der Waals surface area contributed by atoms with Gasteiger partial charge in [0.15, 0.2) is 5.82 Å². The van der Waals surface area contributed by atoms with Crippen molar-refractivity contribution < 1.29 is 22.3 Å². The van der Waals surface area contributed by atoms with Crippen LogP contribution in [-0.4, -0.2) is 15.9 Å². The fourth-order valence-electron chi connectivity index (χ4n) is 5.10. The predicted molar refractivity (Wildman–Crippen MR) is 117 cm³/mol. The molecule has 1 aliphatic carbocycles. The van der Waals surface area contributed by atoms with E-state index in [1.807, 2.05) is 13.0 Å². The fourth-order valence-corrected chi connectivity index (χ4v) is 5.10. The molecule has 4 rings (SSSR count). The van der Waals surface area contributed by atoms with Gasteiger partial charge in [-0.25, -0.2) is 9.37 Å². The molecule has 0 aliphatic heterocycles. The van der Waals surface area contributed by atoms with Crippen molar-refractivity contribution in [3.63, 3.8) is 0 Å². The molecule has 4 nitrogen and oxygen atoms in total. The summed E-state index contributed by atoms with van der Waals surface area (Å²) in [5, 5.41) is 3.19. The molecule has 1 aliphatic rings. The van der Waals surface area contributed by atoms with Gasteiger partial charge in [0, 0.05) is 11.7 Å². The molecule has 1 unspecified atom stereocenters. The summed E-state index contributed by atoms with van der Waals surface area (Å²) in [6.07, 6.45) is -1.77. The smallest absolute Gasteiger partial charge is 0.406 e. The summed E-state index contributed by atoms with van der Waals surface area (Å²) in [7, 11) is 0. The lowest BCUT2D eigenvalue weighted by atomic mass is 9.70. The van der Waals surface area contributed by atoms with Gasteiger partial charge in [-0.15, -0.1) is 13.2 Å². The van der Waals surface area contributed by atoms with Crippen molar-refractivity contribution in [2.75, 3.05) is 5.32 Å². The molecule has 1 fully saturated rings. The van der Waals surface area contributed by atoms with Gasteiger partial charge in [-0.2, -0.15) is 0 Å². The van der Waals surface area contributed by atoms with Crippen LogP contribution in [0.2, 0.25) is 0 Å². The van der Waals surface area contributed by atoms with Crippen LogP contribution in [0.4, 0.5) is 29.2 Å². The molecule has 0 bridgehead atoms. The van der Waals surface area contributed by atoms with Gasteiger partial charge in [-0.05, 0) is 79.5 Å². The molecule has 1 aromatic heterocycles. The molecular formula is C24H27F4N3O. The number of hydrogen-bond donors (Lipinski definition) is 1. The first kappa shape index (κ1) is 22.4. The molecule has 0 radical (unpaired) electrons. The first-order chi connectivity index (χ1) is 14.9. The highest BCUT2D eigenvalue weighted by Gasteiger charge is 2.35. The van der Waals surface area contributed by atoms with Crippen LogP contribution in [0.5, 0.6) is 5.75 Å². The third kappa shape index (κ3) is 4.84. The van der Waals surface area contributed by atoms with E-state index in [0.717, 1.165) is 30.3 Å². The summed E-state index contributed by atoms with van der Waals surface area (Å²) in [6, 6.07) is 8.96. The average Bonchev–Trinajstić information content (AvgIpc) is 2.98. The zero-order valence-corrected chi connectivity index (χ0v) is 18.6. The highest BCUT2D eigenvalue weighted by Crippen LogP contribution is 2.46. The molecule has 0 saturated heterocycles. The van der Waals surface area contributed by atoms with E-state index in [1.165, 1.54) is 30.3 Å². The van der Waals surface area contributed by atoms with E-state index in [2.05, 4.69) is 40.4 Å². The maximum absolute atomic E-state index is 14.8. The number of aryl methyl sites for hydroxylation is 1. The molecule has 0 amide bonds. The lowest BCUT2D eigenvalue weighted by Crippen LogP contribution is -2.29. The lowest BCUT2D eigenvalue weighted by molar-refractivity contribution is -0.274. The van der Waals surface area contributed by atoms with Crippen molar-refractivity contribution in [1.82, 2.24) is 9.55 Å². The highest BCUT2D eigenvalue weighted by molar-refractivity contribution is 5.81. The topological polar surface area (TPSA) is 39.1 Å². The molecule has 2 aromatic carbocycles. The summed E-state index contributed by atoms with van der Waals surface area (Å²) in [5.41, 5.74) is 2.48. The number of nitrogens with one attached hydrogen (secondary N) is 1. The SMILES string of the molecule is Cc1cc(F)c2nc(Nc3ccc(OC(F)(F)F)cc3)n(C3C[C@H](C)CC(C)(C)C3)c2c1. The number of anilines is 2. The molecular weight excluding hydrogens is 422 g/mol. The maximum atomic E-state index is 14.8. The number of rotatable bonds is 4. The van der Waals surface area contributed by atoms with Gasteiger partial charge in [0.05, 0.1) is 5.52 Å². The second kappa shape index (κ2) is 7.98. The standard InChI is InChI=1S/C24H27F4N3O/c1-14-10-19(25)21-20(11-14)31(17-9-15(2)12-23(3,4)13-17)22(30-21)29-16-5-7-18(8-6-16)32-24(26,27)28/h5-8,10-11,15,17H,9,12-13H2,1-4H3,(H,29,30)/t15-,17?/m0/s1. The Balaban J connectivity index is 1.74. The predicted octanol–water partition coefficient (Wildman–Crippen LogP) is 7.51. The minimum atomic E-state index is -4.75. The Kier molecular flexibility index (Phi) is 5.59. The van der Waals surface area contributed by atoms with E-state index in [9.17, 15) is 17.6 Å². The summed E-state index contributed by atoms with van der Waals surface area (Å²) >= 11 is 0. The first-order valence-electron chi connectivity index (χ1n) is 10.7. The molecule has 0 spiro atoms. The zero-order valence-electron chi connectivity index (χ0n) is 18.6. The maximum Gasteiger partial charge on any atom is 0.573 e. The first-order valence-corrected chi connectivity index (χ1v) is 10.7. The van der Waals surface area contributed by atoms with Gasteiger partial charge in [0.2, 0.25) is 5.95 Å². The lowest BCUT2D eigenvalue weighted by Gasteiger charge is -2.40. The zero-order chi connectivity index (χ0) is 23.3. The summed E-state index contributed by atoms with van der Waals surface area (Å²) in [4.78, 5) is 4.54. The summed E-state index contributed by atoms with van der Waals surface area (Å²) < 4.78 is 58.1. The van der Waals surface area contributed by atoms with Gasteiger partial charge in [-0.3, -0.25) is 0 Å². The minimum absolute atomic E-state index is 0.121. The molecule has 1 heterocycles. The minimum Gasteiger partial charge on any atom is -0.406 e.